The number of hydrogen-bond donors (Lipinski definition) is 0. The van der Waals surface area contributed by atoms with Gasteiger partial charge in [0.15, 0.2) is 11.5 Å². The number of hydrogen-bond acceptors (Lipinski definition) is 4. The summed E-state index contributed by atoms with van der Waals surface area (Å²) in [5, 5.41) is 0.665. The van der Waals surface area contributed by atoms with Crippen LogP contribution < -0.4 is 9.47 Å². The molecule has 1 saturated carbocycles. The molecule has 0 aromatic heterocycles. The maximum atomic E-state index is 11.4. The van der Waals surface area contributed by atoms with Gasteiger partial charge in [-0.3, -0.25) is 4.79 Å². The van der Waals surface area contributed by atoms with Gasteiger partial charge >= 0.3 is 5.97 Å². The van der Waals surface area contributed by atoms with E-state index in [0.29, 0.717) is 22.4 Å². The monoisotopic (exact) mass is 298 g/mol. The smallest absolute Gasteiger partial charge is 0.308 e. The Kier molecular flexibility index (Phi) is 4.76. The largest absolute Gasteiger partial charge is 0.493 e. The first-order chi connectivity index (χ1) is 9.60. The molecule has 0 aliphatic heterocycles. The first-order valence-corrected chi connectivity index (χ1v) is 6.96. The Morgan fingerprint density at radius 3 is 2.50 bits per heavy atom. The van der Waals surface area contributed by atoms with Gasteiger partial charge in [0, 0.05) is 11.1 Å². The van der Waals surface area contributed by atoms with E-state index < -0.39 is 0 Å². The molecule has 1 fully saturated rings. The summed E-state index contributed by atoms with van der Waals surface area (Å²) < 4.78 is 15.2. The lowest BCUT2D eigenvalue weighted by Gasteiger charge is -2.11. The van der Waals surface area contributed by atoms with E-state index in [9.17, 15) is 4.79 Å². The molecule has 0 saturated heterocycles. The number of carbonyl (C=O) groups excluding carboxylic acids is 1. The van der Waals surface area contributed by atoms with Crippen molar-refractivity contribution in [2.45, 2.75) is 19.3 Å². The Morgan fingerprint density at radius 2 is 1.90 bits per heavy atom. The van der Waals surface area contributed by atoms with Crippen molar-refractivity contribution in [3.63, 3.8) is 0 Å². The van der Waals surface area contributed by atoms with Crippen LogP contribution in [0.4, 0.5) is 0 Å². The molecule has 5 heteroatoms. The number of rotatable bonds is 6. The van der Waals surface area contributed by atoms with Crippen molar-refractivity contribution >= 4 is 17.6 Å². The predicted octanol–water partition coefficient (Wildman–Crippen LogP) is 3.10. The third-order valence-corrected chi connectivity index (χ3v) is 4.12. The van der Waals surface area contributed by atoms with Gasteiger partial charge in [0.1, 0.15) is 0 Å². The molecule has 0 amide bonds. The molecule has 110 valence electrons. The van der Waals surface area contributed by atoms with Crippen molar-refractivity contribution in [1.29, 1.82) is 0 Å². The van der Waals surface area contributed by atoms with E-state index in [2.05, 4.69) is 0 Å². The zero-order valence-electron chi connectivity index (χ0n) is 11.9. The van der Waals surface area contributed by atoms with E-state index in [1.165, 1.54) is 7.11 Å². The number of carbonyl (C=O) groups is 1. The number of esters is 1. The van der Waals surface area contributed by atoms with Gasteiger partial charge in [-0.25, -0.2) is 0 Å². The summed E-state index contributed by atoms with van der Waals surface area (Å²) in [6, 6.07) is 3.66. The lowest BCUT2D eigenvalue weighted by molar-refractivity contribution is -0.142. The molecule has 1 aliphatic rings. The van der Waals surface area contributed by atoms with E-state index in [1.54, 1.807) is 20.3 Å². The molecular formula is C15H19ClO4. The van der Waals surface area contributed by atoms with Crippen LogP contribution >= 0.6 is 11.6 Å². The van der Waals surface area contributed by atoms with Gasteiger partial charge in [0.2, 0.25) is 0 Å². The maximum Gasteiger partial charge on any atom is 0.308 e. The summed E-state index contributed by atoms with van der Waals surface area (Å²) in [6.07, 6.45) is 2.66. The Hall–Kier alpha value is -1.42. The summed E-state index contributed by atoms with van der Waals surface area (Å²) in [5.41, 5.74) is 1.01. The molecule has 2 unspecified atom stereocenters. The second-order valence-corrected chi connectivity index (χ2v) is 5.37. The Balaban J connectivity index is 1.98. The summed E-state index contributed by atoms with van der Waals surface area (Å²) in [6.45, 7) is 0. The highest BCUT2D eigenvalue weighted by molar-refractivity contribution is 6.31. The van der Waals surface area contributed by atoms with E-state index >= 15 is 0 Å². The minimum Gasteiger partial charge on any atom is -0.493 e. The molecule has 2 rings (SSSR count). The van der Waals surface area contributed by atoms with Crippen molar-refractivity contribution < 1.29 is 19.0 Å². The van der Waals surface area contributed by atoms with Crippen molar-refractivity contribution in [3.05, 3.63) is 22.7 Å². The SMILES string of the molecule is COC(=O)C1CC1CCc1cc(OC)c(OC)cc1Cl. The zero-order chi connectivity index (χ0) is 14.7. The van der Waals surface area contributed by atoms with Crippen molar-refractivity contribution in [1.82, 2.24) is 0 Å². The first kappa shape index (κ1) is 15.0. The van der Waals surface area contributed by atoms with Crippen LogP contribution in [0.5, 0.6) is 11.5 Å². The number of benzene rings is 1. The Labute approximate surface area is 124 Å². The quantitative estimate of drug-likeness (QED) is 0.757. The van der Waals surface area contributed by atoms with Gasteiger partial charge in [0.25, 0.3) is 0 Å². The molecule has 1 aromatic rings. The fourth-order valence-electron chi connectivity index (χ4n) is 2.44. The van der Waals surface area contributed by atoms with Crippen LogP contribution in [0.15, 0.2) is 12.1 Å². The standard InChI is InChI=1S/C15H19ClO4/c1-18-13-7-10(12(16)8-14(13)19-2)5-4-9-6-11(9)15(17)20-3/h7-9,11H,4-6H2,1-3H3. The van der Waals surface area contributed by atoms with Crippen LogP contribution in [-0.2, 0) is 16.0 Å². The van der Waals surface area contributed by atoms with Crippen LogP contribution in [0.25, 0.3) is 0 Å². The van der Waals surface area contributed by atoms with Crippen molar-refractivity contribution in [3.8, 4) is 11.5 Å². The van der Waals surface area contributed by atoms with E-state index in [-0.39, 0.29) is 11.9 Å². The van der Waals surface area contributed by atoms with Gasteiger partial charge in [-0.15, -0.1) is 0 Å². The molecule has 0 heterocycles. The predicted molar refractivity (Wildman–Crippen MR) is 76.5 cm³/mol. The molecule has 0 spiro atoms. The van der Waals surface area contributed by atoms with Gasteiger partial charge in [-0.2, -0.15) is 0 Å². The fraction of sp³-hybridized carbons (Fsp3) is 0.533. The van der Waals surface area contributed by atoms with E-state index in [0.717, 1.165) is 24.8 Å². The molecule has 4 nitrogen and oxygen atoms in total. The molecule has 0 bridgehead atoms. The normalized spacial score (nSPS) is 20.4. The lowest BCUT2D eigenvalue weighted by atomic mass is 10.1. The Bertz CT molecular complexity index is 501. The lowest BCUT2D eigenvalue weighted by Crippen LogP contribution is -2.04. The average molecular weight is 299 g/mol. The molecule has 20 heavy (non-hydrogen) atoms. The number of halogens is 1. The first-order valence-electron chi connectivity index (χ1n) is 6.59. The highest BCUT2D eigenvalue weighted by Gasteiger charge is 2.43. The Morgan fingerprint density at radius 1 is 1.25 bits per heavy atom. The minimum absolute atomic E-state index is 0.0684. The second-order valence-electron chi connectivity index (χ2n) is 4.96. The molecule has 2 atom stereocenters. The van der Waals surface area contributed by atoms with Crippen LogP contribution in [-0.4, -0.2) is 27.3 Å². The second kappa shape index (κ2) is 6.35. The topological polar surface area (TPSA) is 44.8 Å². The van der Waals surface area contributed by atoms with Crippen LogP contribution in [0.3, 0.4) is 0 Å². The molecule has 0 radical (unpaired) electrons. The number of ether oxygens (including phenoxy) is 3. The van der Waals surface area contributed by atoms with E-state index in [4.69, 9.17) is 25.8 Å². The van der Waals surface area contributed by atoms with Crippen LogP contribution in [0, 0.1) is 11.8 Å². The third kappa shape index (κ3) is 3.18. The van der Waals surface area contributed by atoms with Gasteiger partial charge in [-0.05, 0) is 36.8 Å². The third-order valence-electron chi connectivity index (χ3n) is 3.76. The van der Waals surface area contributed by atoms with Gasteiger partial charge < -0.3 is 14.2 Å². The van der Waals surface area contributed by atoms with Crippen LogP contribution in [0.2, 0.25) is 5.02 Å². The fourth-order valence-corrected chi connectivity index (χ4v) is 2.68. The van der Waals surface area contributed by atoms with Gasteiger partial charge in [-0.1, -0.05) is 11.6 Å². The molecule has 1 aliphatic carbocycles. The maximum absolute atomic E-state index is 11.4. The summed E-state index contributed by atoms with van der Waals surface area (Å²) >= 11 is 6.24. The highest BCUT2D eigenvalue weighted by atomic mass is 35.5. The molecular weight excluding hydrogens is 280 g/mol. The highest BCUT2D eigenvalue weighted by Crippen LogP contribution is 2.43. The van der Waals surface area contributed by atoms with Crippen molar-refractivity contribution in [2.24, 2.45) is 11.8 Å². The summed E-state index contributed by atoms with van der Waals surface area (Å²) in [4.78, 5) is 11.4. The van der Waals surface area contributed by atoms with Crippen molar-refractivity contribution in [2.75, 3.05) is 21.3 Å². The van der Waals surface area contributed by atoms with Crippen LogP contribution in [0.1, 0.15) is 18.4 Å². The average Bonchev–Trinajstić information content (AvgIpc) is 3.24. The number of methoxy groups -OCH3 is 3. The van der Waals surface area contributed by atoms with Gasteiger partial charge in [0.05, 0.1) is 27.2 Å². The number of aryl methyl sites for hydroxylation is 1. The minimum atomic E-state index is -0.103. The summed E-state index contributed by atoms with van der Waals surface area (Å²) in [7, 11) is 4.62. The summed E-state index contributed by atoms with van der Waals surface area (Å²) in [5.74, 6) is 1.67. The van der Waals surface area contributed by atoms with E-state index in [1.807, 2.05) is 6.07 Å². The molecule has 1 aromatic carbocycles. The zero-order valence-corrected chi connectivity index (χ0v) is 12.7. The molecule has 0 N–H and O–H groups in total.